The van der Waals surface area contributed by atoms with Gasteiger partial charge in [-0.05, 0) is 95.9 Å². The van der Waals surface area contributed by atoms with Crippen LogP contribution in [0.1, 0.15) is 11.1 Å². The quantitative estimate of drug-likeness (QED) is 0.193. The van der Waals surface area contributed by atoms with Crippen molar-refractivity contribution in [3.63, 3.8) is 0 Å². The van der Waals surface area contributed by atoms with Gasteiger partial charge in [0.15, 0.2) is 0 Å². The molecule has 0 saturated carbocycles. The van der Waals surface area contributed by atoms with Crippen molar-refractivity contribution in [2.24, 2.45) is 0 Å². The smallest absolute Gasteiger partial charge is 0.260 e. The summed E-state index contributed by atoms with van der Waals surface area (Å²) in [4.78, 5) is 9.63. The molecule has 2 aliphatic rings. The van der Waals surface area contributed by atoms with Crippen molar-refractivity contribution in [3.05, 3.63) is 133 Å². The zero-order chi connectivity index (χ0) is 30.5. The number of aryl methyl sites for hydroxylation is 2. The van der Waals surface area contributed by atoms with E-state index in [4.69, 9.17) is 19.4 Å². The van der Waals surface area contributed by atoms with E-state index < -0.39 is 0 Å². The van der Waals surface area contributed by atoms with E-state index in [0.717, 1.165) is 89.4 Å². The fourth-order valence-corrected chi connectivity index (χ4v) is 7.64. The Morgan fingerprint density at radius 2 is 1.35 bits per heavy atom. The summed E-state index contributed by atoms with van der Waals surface area (Å²) in [6.07, 6.45) is 3.74. The Balaban J connectivity index is 1.28. The van der Waals surface area contributed by atoms with E-state index >= 15 is 0 Å². The number of pyridine rings is 2. The molecular formula is C40H26BN3O2. The molecule has 0 fully saturated rings. The summed E-state index contributed by atoms with van der Waals surface area (Å²) in [7, 11) is 0. The minimum absolute atomic E-state index is 0.0920. The Bertz CT molecular complexity index is 2570. The van der Waals surface area contributed by atoms with E-state index in [2.05, 4.69) is 115 Å². The van der Waals surface area contributed by atoms with Crippen LogP contribution in [0.2, 0.25) is 0 Å². The van der Waals surface area contributed by atoms with E-state index in [-0.39, 0.29) is 6.71 Å². The highest BCUT2D eigenvalue weighted by Gasteiger charge is 2.42. The average molecular weight is 591 g/mol. The molecule has 0 unspecified atom stereocenters. The van der Waals surface area contributed by atoms with Crippen molar-refractivity contribution in [2.45, 2.75) is 13.8 Å². The summed E-state index contributed by atoms with van der Waals surface area (Å²) in [6, 6.07) is 38.3. The summed E-state index contributed by atoms with van der Waals surface area (Å²) < 4.78 is 15.8. The number of benzene rings is 5. The molecule has 0 spiro atoms. The van der Waals surface area contributed by atoms with Crippen molar-refractivity contribution < 1.29 is 9.47 Å². The summed E-state index contributed by atoms with van der Waals surface area (Å²) >= 11 is 0. The van der Waals surface area contributed by atoms with Gasteiger partial charge in [0.05, 0.1) is 16.7 Å². The number of fused-ring (bicyclic) bond motifs is 8. The molecule has 0 bridgehead atoms. The van der Waals surface area contributed by atoms with Gasteiger partial charge in [0.2, 0.25) is 0 Å². The zero-order valence-electron chi connectivity index (χ0n) is 25.3. The first-order valence-corrected chi connectivity index (χ1v) is 15.6. The molecule has 0 amide bonds. The van der Waals surface area contributed by atoms with Crippen LogP contribution < -0.4 is 25.9 Å². The summed E-state index contributed by atoms with van der Waals surface area (Å²) in [6.45, 7) is 4.16. The van der Waals surface area contributed by atoms with Crippen LogP contribution in [-0.2, 0) is 0 Å². The third kappa shape index (κ3) is 3.47. The first-order chi connectivity index (χ1) is 22.6. The number of aromatic nitrogens is 3. The standard InChI is InChI=1S/C40H26BN3O2/c1-23-19-24(2)40-37-39(23)45-34-15-14-26(38-27-10-4-3-9-25(27)16-18-43-38)20-30(34)41(37)31-22-33-29(21-35(31)46-40)28-11-5-6-12-32(28)44(33)36-13-7-8-17-42-36/h3-22H,1-2H3. The fraction of sp³-hybridized carbons (Fsp3) is 0.0500. The van der Waals surface area contributed by atoms with Crippen molar-refractivity contribution in [1.82, 2.24) is 14.5 Å². The summed E-state index contributed by atoms with van der Waals surface area (Å²) in [5, 5.41) is 4.60. The second kappa shape index (κ2) is 9.32. The number of ether oxygens (including phenoxy) is 2. The third-order valence-corrected chi connectivity index (χ3v) is 9.61. The van der Waals surface area contributed by atoms with Gasteiger partial charge in [0.1, 0.15) is 28.8 Å². The topological polar surface area (TPSA) is 49.2 Å². The second-order valence-corrected chi connectivity index (χ2v) is 12.3. The largest absolute Gasteiger partial charge is 0.458 e. The van der Waals surface area contributed by atoms with Crippen molar-refractivity contribution >= 4 is 55.7 Å². The van der Waals surface area contributed by atoms with Gasteiger partial charge in [-0.25, -0.2) is 4.98 Å². The maximum atomic E-state index is 6.85. The number of para-hydroxylation sites is 1. The molecule has 216 valence electrons. The third-order valence-electron chi connectivity index (χ3n) is 9.61. The Morgan fingerprint density at radius 1 is 0.587 bits per heavy atom. The van der Waals surface area contributed by atoms with Crippen molar-refractivity contribution in [3.8, 4) is 40.1 Å². The second-order valence-electron chi connectivity index (χ2n) is 12.3. The van der Waals surface area contributed by atoms with Crippen molar-refractivity contribution in [2.75, 3.05) is 0 Å². The molecule has 0 saturated heterocycles. The van der Waals surface area contributed by atoms with Crippen LogP contribution in [-0.4, -0.2) is 21.2 Å². The minimum Gasteiger partial charge on any atom is -0.458 e. The monoisotopic (exact) mass is 591 g/mol. The van der Waals surface area contributed by atoms with Gasteiger partial charge < -0.3 is 9.47 Å². The molecule has 10 rings (SSSR count). The molecule has 5 heterocycles. The van der Waals surface area contributed by atoms with E-state index in [1.165, 1.54) is 10.8 Å². The number of nitrogens with zero attached hydrogens (tertiary/aromatic N) is 3. The molecule has 5 aromatic carbocycles. The van der Waals surface area contributed by atoms with Crippen LogP contribution in [0.4, 0.5) is 0 Å². The van der Waals surface area contributed by atoms with Crippen LogP contribution >= 0.6 is 0 Å². The van der Waals surface area contributed by atoms with Gasteiger partial charge in [-0.2, -0.15) is 0 Å². The molecule has 0 aliphatic carbocycles. The van der Waals surface area contributed by atoms with Crippen LogP contribution in [0.25, 0.3) is 49.7 Å². The number of hydrogen-bond acceptors (Lipinski definition) is 4. The molecular weight excluding hydrogens is 565 g/mol. The zero-order valence-corrected chi connectivity index (χ0v) is 25.3. The van der Waals surface area contributed by atoms with Gasteiger partial charge in [0.25, 0.3) is 6.71 Å². The molecule has 2 aliphatic heterocycles. The summed E-state index contributed by atoms with van der Waals surface area (Å²) in [5.41, 5.74) is 9.73. The van der Waals surface area contributed by atoms with Gasteiger partial charge in [-0.3, -0.25) is 9.55 Å². The first-order valence-electron chi connectivity index (χ1n) is 15.6. The minimum atomic E-state index is -0.0920. The predicted molar refractivity (Wildman–Crippen MR) is 186 cm³/mol. The molecule has 0 N–H and O–H groups in total. The Hall–Kier alpha value is -5.88. The van der Waals surface area contributed by atoms with E-state index in [0.29, 0.717) is 0 Å². The predicted octanol–water partition coefficient (Wildman–Crippen LogP) is 7.74. The molecule has 0 atom stereocenters. The highest BCUT2D eigenvalue weighted by Crippen LogP contribution is 2.42. The lowest BCUT2D eigenvalue weighted by atomic mass is 9.34. The Kier molecular flexibility index (Phi) is 5.16. The van der Waals surface area contributed by atoms with Gasteiger partial charge >= 0.3 is 0 Å². The van der Waals surface area contributed by atoms with Gasteiger partial charge in [-0.1, -0.05) is 54.6 Å². The van der Waals surface area contributed by atoms with E-state index in [1.54, 1.807) is 0 Å². The molecule has 0 radical (unpaired) electrons. The highest BCUT2D eigenvalue weighted by molar-refractivity contribution is 6.98. The van der Waals surface area contributed by atoms with E-state index in [9.17, 15) is 0 Å². The average Bonchev–Trinajstić information content (AvgIpc) is 3.42. The van der Waals surface area contributed by atoms with E-state index in [1.807, 2.05) is 24.5 Å². The maximum Gasteiger partial charge on any atom is 0.260 e. The Labute approximate surface area is 265 Å². The van der Waals surface area contributed by atoms with Crippen LogP contribution in [0.15, 0.2) is 122 Å². The number of rotatable bonds is 2. The molecule has 5 nitrogen and oxygen atoms in total. The van der Waals surface area contributed by atoms with Crippen LogP contribution in [0, 0.1) is 13.8 Å². The van der Waals surface area contributed by atoms with Gasteiger partial charge in [-0.15, -0.1) is 0 Å². The van der Waals surface area contributed by atoms with Gasteiger partial charge in [0, 0.05) is 39.6 Å². The lowest BCUT2D eigenvalue weighted by Gasteiger charge is -2.35. The maximum absolute atomic E-state index is 6.85. The SMILES string of the molecule is Cc1cc(C)c2c3c1Oc1ccc(-c4nccc5ccccc45)cc1B3c1cc3c(cc1O2)c1ccccc1n3-c1ccccn1. The molecule has 3 aromatic heterocycles. The lowest BCUT2D eigenvalue weighted by molar-refractivity contribution is 0.460. The Morgan fingerprint density at radius 3 is 2.20 bits per heavy atom. The molecule has 6 heteroatoms. The first kappa shape index (κ1) is 25.5. The number of hydrogen-bond donors (Lipinski definition) is 0. The highest BCUT2D eigenvalue weighted by atomic mass is 16.5. The van der Waals surface area contributed by atoms with Crippen LogP contribution in [0.5, 0.6) is 23.0 Å². The molecule has 46 heavy (non-hydrogen) atoms. The lowest BCUT2D eigenvalue weighted by Crippen LogP contribution is -2.57. The summed E-state index contributed by atoms with van der Waals surface area (Å²) in [5.74, 6) is 4.37. The molecule has 8 aromatic rings. The van der Waals surface area contributed by atoms with Crippen molar-refractivity contribution in [1.29, 1.82) is 0 Å². The van der Waals surface area contributed by atoms with Crippen LogP contribution in [0.3, 0.4) is 0 Å². The normalized spacial score (nSPS) is 12.9. The fourth-order valence-electron chi connectivity index (χ4n) is 7.64.